The van der Waals surface area contributed by atoms with Crippen LogP contribution < -0.4 is 16.3 Å². The van der Waals surface area contributed by atoms with Gasteiger partial charge in [0.25, 0.3) is 5.91 Å². The third kappa shape index (κ3) is 9.26. The zero-order valence-electron chi connectivity index (χ0n) is 37.2. The van der Waals surface area contributed by atoms with E-state index in [-0.39, 0.29) is 90.6 Å². The van der Waals surface area contributed by atoms with Crippen molar-refractivity contribution in [3.63, 3.8) is 0 Å². The standard InChI is InChI=1S/C47H68N4O11/c1-43(2,26-59-27-44(3,4)25-49-36(52)16-20-51-35(48)10-11-38(51)54)22-37(53)50-34-24-61-42(41(57)40(34)56)62-30-13-17-45(5)29(21-30)8-9-33-32(45)14-18-46(6)31(15-19-47(33,46)58)28-7-12-39(55)60-23-28/h7,10-12,21,23,30-34,40-42,48,56-58H,8-9,13-20,22,24-27H2,1-6H3,(H,49,52)(H,50,53). The van der Waals surface area contributed by atoms with Gasteiger partial charge in [-0.15, -0.1) is 0 Å². The summed E-state index contributed by atoms with van der Waals surface area (Å²) in [6, 6.07) is 2.51. The lowest BCUT2D eigenvalue weighted by atomic mass is 9.45. The Bertz CT molecular complexity index is 1960. The van der Waals surface area contributed by atoms with Gasteiger partial charge in [-0.2, -0.15) is 0 Å². The molecule has 7 rings (SSSR count). The lowest BCUT2D eigenvalue weighted by molar-refractivity contribution is -0.262. The Morgan fingerprint density at radius 2 is 1.71 bits per heavy atom. The molecule has 6 N–H and O–H groups in total. The highest BCUT2D eigenvalue weighted by Crippen LogP contribution is 2.70. The molecule has 6 aliphatic rings. The van der Waals surface area contributed by atoms with Crippen LogP contribution in [0, 0.1) is 38.9 Å². The van der Waals surface area contributed by atoms with Crippen molar-refractivity contribution in [3.05, 3.63) is 58.2 Å². The van der Waals surface area contributed by atoms with Crippen LogP contribution in [0.4, 0.5) is 0 Å². The Morgan fingerprint density at radius 1 is 0.952 bits per heavy atom. The van der Waals surface area contributed by atoms with E-state index in [0.29, 0.717) is 25.5 Å². The molecule has 1 aromatic heterocycles. The Labute approximate surface area is 364 Å². The second-order valence-corrected chi connectivity index (χ2v) is 21.0. The van der Waals surface area contributed by atoms with Crippen molar-refractivity contribution in [2.75, 3.05) is 32.9 Å². The summed E-state index contributed by atoms with van der Waals surface area (Å²) >= 11 is 0. The SMILES string of the molecule is CC(C)(CNC(=O)CCN1C(=N)C=CC1=O)COCC(C)(C)CC(=O)NC1COC(OC2C=C3CCC4C(CCC5(C)C(c6ccc(=O)oc6)CCC45O)C3(C)CC2)C(O)C1O. The van der Waals surface area contributed by atoms with E-state index < -0.39 is 41.0 Å². The van der Waals surface area contributed by atoms with E-state index in [9.17, 15) is 34.5 Å². The summed E-state index contributed by atoms with van der Waals surface area (Å²) in [6.07, 6.45) is 9.40. The fraction of sp³-hybridized carbons (Fsp3) is 0.723. The molecule has 4 fully saturated rings. The molecular weight excluding hydrogens is 797 g/mol. The van der Waals surface area contributed by atoms with Gasteiger partial charge < -0.3 is 44.6 Å². The van der Waals surface area contributed by atoms with Gasteiger partial charge >= 0.3 is 5.63 Å². The number of nitrogens with zero attached hydrogens (tertiary/aromatic N) is 1. The lowest BCUT2D eigenvalue weighted by Crippen LogP contribution is -2.61. The van der Waals surface area contributed by atoms with E-state index in [2.05, 4.69) is 30.6 Å². The molecule has 1 aromatic rings. The first-order valence-corrected chi connectivity index (χ1v) is 22.5. The number of rotatable bonds is 15. The van der Waals surface area contributed by atoms with Crippen LogP contribution in [0.1, 0.15) is 117 Å². The molecular formula is C47H68N4O11. The Morgan fingerprint density at radius 3 is 2.42 bits per heavy atom. The molecule has 1 saturated heterocycles. The highest BCUT2D eigenvalue weighted by molar-refractivity contribution is 6.14. The van der Waals surface area contributed by atoms with Crippen molar-refractivity contribution < 1.29 is 48.3 Å². The second-order valence-electron chi connectivity index (χ2n) is 21.0. The van der Waals surface area contributed by atoms with Gasteiger partial charge in [-0.3, -0.25) is 24.7 Å². The first kappa shape index (κ1) is 46.3. The van der Waals surface area contributed by atoms with Crippen molar-refractivity contribution in [1.82, 2.24) is 15.5 Å². The van der Waals surface area contributed by atoms with Gasteiger partial charge in [0, 0.05) is 48.9 Å². The number of hydrogen-bond donors (Lipinski definition) is 6. The molecule has 15 nitrogen and oxygen atoms in total. The number of amides is 3. The number of fused-ring (bicyclic) bond motifs is 5. The third-order valence-electron chi connectivity index (χ3n) is 15.4. The monoisotopic (exact) mass is 864 g/mol. The first-order valence-electron chi connectivity index (χ1n) is 22.5. The normalized spacial score (nSPS) is 35.8. The Hall–Kier alpha value is -3.73. The number of nitrogens with one attached hydrogen (secondary N) is 3. The van der Waals surface area contributed by atoms with Crippen molar-refractivity contribution >= 4 is 23.6 Å². The van der Waals surface area contributed by atoms with Crippen LogP contribution in [-0.2, 0) is 28.6 Å². The predicted octanol–water partition coefficient (Wildman–Crippen LogP) is 4.09. The van der Waals surface area contributed by atoms with Gasteiger partial charge in [-0.25, -0.2) is 4.79 Å². The van der Waals surface area contributed by atoms with Crippen molar-refractivity contribution in [2.24, 2.45) is 33.5 Å². The molecule has 11 unspecified atom stereocenters. The quantitative estimate of drug-likeness (QED) is 0.138. The molecule has 0 aromatic carbocycles. The van der Waals surface area contributed by atoms with Crippen molar-refractivity contribution in [3.8, 4) is 0 Å². The average molecular weight is 865 g/mol. The summed E-state index contributed by atoms with van der Waals surface area (Å²) in [7, 11) is 0. The van der Waals surface area contributed by atoms with E-state index in [0.717, 1.165) is 50.5 Å². The summed E-state index contributed by atoms with van der Waals surface area (Å²) < 4.78 is 23.5. The summed E-state index contributed by atoms with van der Waals surface area (Å²) in [4.78, 5) is 50.3. The predicted molar refractivity (Wildman–Crippen MR) is 229 cm³/mol. The van der Waals surface area contributed by atoms with Crippen LogP contribution >= 0.6 is 0 Å². The van der Waals surface area contributed by atoms with Crippen LogP contribution in [0.2, 0.25) is 0 Å². The Balaban J connectivity index is 0.847. The third-order valence-corrected chi connectivity index (χ3v) is 15.4. The molecule has 62 heavy (non-hydrogen) atoms. The lowest BCUT2D eigenvalue weighted by Gasteiger charge is -2.62. The molecule has 2 aliphatic heterocycles. The van der Waals surface area contributed by atoms with Crippen molar-refractivity contribution in [2.45, 2.75) is 148 Å². The molecule has 0 bridgehead atoms. The first-order chi connectivity index (χ1) is 29.1. The molecule has 11 atom stereocenters. The van der Waals surface area contributed by atoms with E-state index in [1.165, 1.54) is 28.7 Å². The zero-order chi connectivity index (χ0) is 44.8. The number of amidine groups is 1. The van der Waals surface area contributed by atoms with E-state index in [4.69, 9.17) is 24.0 Å². The van der Waals surface area contributed by atoms with Crippen LogP contribution in [0.25, 0.3) is 0 Å². The van der Waals surface area contributed by atoms with Gasteiger partial charge in [0.15, 0.2) is 6.29 Å². The molecule has 3 amide bonds. The highest BCUT2D eigenvalue weighted by Gasteiger charge is 2.66. The number of ether oxygens (including phenoxy) is 3. The molecule has 342 valence electrons. The number of hydrogen-bond acceptors (Lipinski definition) is 12. The van der Waals surface area contributed by atoms with Gasteiger partial charge in [-0.1, -0.05) is 53.2 Å². The molecule has 15 heteroatoms. The highest BCUT2D eigenvalue weighted by atomic mass is 16.7. The van der Waals surface area contributed by atoms with E-state index >= 15 is 0 Å². The van der Waals surface area contributed by atoms with Crippen LogP contribution in [0.15, 0.2) is 51.4 Å². The maximum Gasteiger partial charge on any atom is 0.335 e. The van der Waals surface area contributed by atoms with Gasteiger partial charge in [-0.05, 0) is 97.7 Å². The molecule has 0 spiro atoms. The molecule has 4 aliphatic carbocycles. The summed E-state index contributed by atoms with van der Waals surface area (Å²) in [6.45, 7) is 13.3. The van der Waals surface area contributed by atoms with Gasteiger partial charge in [0.1, 0.15) is 18.0 Å². The van der Waals surface area contributed by atoms with E-state index in [1.54, 1.807) is 6.26 Å². The maximum absolute atomic E-state index is 13.2. The van der Waals surface area contributed by atoms with Crippen LogP contribution in [0.5, 0.6) is 0 Å². The number of carbonyl (C=O) groups excluding carboxylic acids is 3. The van der Waals surface area contributed by atoms with Crippen molar-refractivity contribution in [1.29, 1.82) is 5.41 Å². The van der Waals surface area contributed by atoms with Gasteiger partial charge in [0.05, 0.1) is 43.8 Å². The fourth-order valence-corrected chi connectivity index (χ4v) is 11.8. The molecule has 0 radical (unpaired) electrons. The summed E-state index contributed by atoms with van der Waals surface area (Å²) in [5.41, 5.74) is -0.233. The number of aliphatic hydroxyl groups is 3. The summed E-state index contributed by atoms with van der Waals surface area (Å²) in [5.74, 6) is -0.160. The fourth-order valence-electron chi connectivity index (χ4n) is 11.8. The van der Waals surface area contributed by atoms with E-state index in [1.807, 2.05) is 33.8 Å². The topological polar surface area (TPSA) is 221 Å². The van der Waals surface area contributed by atoms with Gasteiger partial charge in [0.2, 0.25) is 11.8 Å². The zero-order valence-corrected chi connectivity index (χ0v) is 37.2. The average Bonchev–Trinajstić information content (AvgIpc) is 3.68. The number of aliphatic hydroxyl groups excluding tert-OH is 2. The number of carbonyl (C=O) groups is 3. The smallest absolute Gasteiger partial charge is 0.335 e. The Kier molecular flexibility index (Phi) is 13.2. The van der Waals surface area contributed by atoms with Crippen LogP contribution in [-0.4, -0.2) is 113 Å². The minimum absolute atomic E-state index is 0.0303. The number of allylic oxidation sites excluding steroid dienone is 1. The largest absolute Gasteiger partial charge is 0.431 e. The molecule has 3 saturated carbocycles. The second kappa shape index (κ2) is 17.7. The molecule has 3 heterocycles. The summed E-state index contributed by atoms with van der Waals surface area (Å²) in [5, 5.41) is 48.4. The maximum atomic E-state index is 13.2. The van der Waals surface area contributed by atoms with Crippen LogP contribution in [0.3, 0.4) is 0 Å². The minimum atomic E-state index is -1.37. The minimum Gasteiger partial charge on any atom is -0.431 e.